The van der Waals surface area contributed by atoms with Gasteiger partial charge in [0.15, 0.2) is 10.6 Å². The molecule has 3 N–H and O–H groups in total. The van der Waals surface area contributed by atoms with Gasteiger partial charge in [0.25, 0.3) is 0 Å². The number of anilines is 2. The van der Waals surface area contributed by atoms with E-state index in [9.17, 15) is 0 Å². The smallest absolute Gasteiger partial charge is 0.200 e. The lowest BCUT2D eigenvalue weighted by atomic mass is 10.1. The van der Waals surface area contributed by atoms with Crippen LogP contribution in [0.4, 0.5) is 11.4 Å². The number of rotatable bonds is 6. The van der Waals surface area contributed by atoms with Gasteiger partial charge < -0.3 is 10.6 Å². The lowest BCUT2D eigenvalue weighted by Gasteiger charge is -2.27. The SMILES string of the molecule is CCc1cc(-c2n[nH]c(=S)n2-c2ccc(CC)c(N(C)C(C)C)c2)ccc1N. The van der Waals surface area contributed by atoms with Gasteiger partial charge in [-0.3, -0.25) is 9.67 Å². The fourth-order valence-corrected chi connectivity index (χ4v) is 3.62. The van der Waals surface area contributed by atoms with E-state index < -0.39 is 0 Å². The lowest BCUT2D eigenvalue weighted by Crippen LogP contribution is -2.26. The van der Waals surface area contributed by atoms with Crippen molar-refractivity contribution in [3.05, 3.63) is 52.3 Å². The Morgan fingerprint density at radius 3 is 2.46 bits per heavy atom. The zero-order valence-corrected chi connectivity index (χ0v) is 18.1. The summed E-state index contributed by atoms with van der Waals surface area (Å²) in [7, 11) is 2.13. The fraction of sp³-hybridized carbons (Fsp3) is 0.364. The van der Waals surface area contributed by atoms with Gasteiger partial charge in [-0.15, -0.1) is 0 Å². The van der Waals surface area contributed by atoms with Gasteiger partial charge in [0.1, 0.15) is 0 Å². The van der Waals surface area contributed by atoms with Gasteiger partial charge in [0.2, 0.25) is 0 Å². The molecule has 3 aromatic rings. The Kier molecular flexibility index (Phi) is 5.89. The molecule has 0 amide bonds. The first-order chi connectivity index (χ1) is 13.4. The van der Waals surface area contributed by atoms with Crippen LogP contribution in [0.15, 0.2) is 36.4 Å². The van der Waals surface area contributed by atoms with Crippen LogP contribution in [0.5, 0.6) is 0 Å². The maximum atomic E-state index is 6.08. The lowest BCUT2D eigenvalue weighted by molar-refractivity contribution is 0.749. The Morgan fingerprint density at radius 1 is 1.11 bits per heavy atom. The molecule has 3 rings (SSSR count). The van der Waals surface area contributed by atoms with E-state index in [0.29, 0.717) is 10.8 Å². The normalized spacial score (nSPS) is 11.2. The molecule has 6 heteroatoms. The second-order valence-electron chi connectivity index (χ2n) is 7.33. The Balaban J connectivity index is 2.17. The highest BCUT2D eigenvalue weighted by Gasteiger charge is 2.16. The summed E-state index contributed by atoms with van der Waals surface area (Å²) in [5, 5.41) is 7.47. The highest BCUT2D eigenvalue weighted by molar-refractivity contribution is 7.71. The van der Waals surface area contributed by atoms with Crippen LogP contribution in [0.25, 0.3) is 17.1 Å². The van der Waals surface area contributed by atoms with Crippen LogP contribution in [0.2, 0.25) is 0 Å². The standard InChI is InChI=1S/C22H29N5S/c1-6-15-8-10-18(13-20(15)26(5)14(3)4)27-21(24-25-22(27)28)17-9-11-19(23)16(7-2)12-17/h8-14H,6-7,23H2,1-5H3,(H,25,28). The van der Waals surface area contributed by atoms with E-state index in [4.69, 9.17) is 18.0 Å². The van der Waals surface area contributed by atoms with Crippen LogP contribution >= 0.6 is 12.2 Å². The molecule has 0 fully saturated rings. The minimum absolute atomic E-state index is 0.404. The molecule has 0 radical (unpaired) electrons. The number of aromatic nitrogens is 3. The Hall–Kier alpha value is -2.60. The second kappa shape index (κ2) is 8.19. The number of nitrogens with zero attached hydrogens (tertiary/aromatic N) is 3. The average Bonchev–Trinajstić information content (AvgIpc) is 3.08. The summed E-state index contributed by atoms with van der Waals surface area (Å²) in [6, 6.07) is 12.9. The molecule has 0 bridgehead atoms. The summed E-state index contributed by atoms with van der Waals surface area (Å²) in [6.45, 7) is 8.68. The van der Waals surface area contributed by atoms with Gasteiger partial charge in [-0.05, 0) is 80.4 Å². The molecule has 28 heavy (non-hydrogen) atoms. The number of nitrogens with two attached hydrogens (primary N) is 1. The number of benzene rings is 2. The van der Waals surface area contributed by atoms with Crippen LogP contribution in [-0.2, 0) is 12.8 Å². The third kappa shape index (κ3) is 3.69. The number of aromatic amines is 1. The maximum absolute atomic E-state index is 6.08. The summed E-state index contributed by atoms with van der Waals surface area (Å²) >= 11 is 5.57. The van der Waals surface area contributed by atoms with E-state index in [1.165, 1.54) is 11.3 Å². The Labute approximate surface area is 172 Å². The molecule has 1 aromatic heterocycles. The molecule has 5 nitrogen and oxygen atoms in total. The molecular formula is C22H29N5S. The van der Waals surface area contributed by atoms with Crippen molar-refractivity contribution < 1.29 is 0 Å². The third-order valence-electron chi connectivity index (χ3n) is 5.32. The molecular weight excluding hydrogens is 366 g/mol. The zero-order valence-electron chi connectivity index (χ0n) is 17.3. The second-order valence-corrected chi connectivity index (χ2v) is 7.71. The van der Waals surface area contributed by atoms with Crippen LogP contribution in [-0.4, -0.2) is 27.9 Å². The fourth-order valence-electron chi connectivity index (χ4n) is 3.38. The van der Waals surface area contributed by atoms with E-state index in [0.717, 1.165) is 41.2 Å². The highest BCUT2D eigenvalue weighted by atomic mass is 32.1. The number of H-pyrrole nitrogens is 1. The number of hydrogen-bond acceptors (Lipinski definition) is 4. The summed E-state index contributed by atoms with van der Waals surface area (Å²) < 4.78 is 2.57. The van der Waals surface area contributed by atoms with Crippen molar-refractivity contribution in [3.63, 3.8) is 0 Å². The Bertz CT molecular complexity index is 1030. The van der Waals surface area contributed by atoms with Crippen molar-refractivity contribution in [1.29, 1.82) is 0 Å². The maximum Gasteiger partial charge on any atom is 0.200 e. The summed E-state index contributed by atoms with van der Waals surface area (Å²) in [5.41, 5.74) is 12.5. The molecule has 0 aliphatic carbocycles. The molecule has 0 atom stereocenters. The molecule has 0 spiro atoms. The van der Waals surface area contributed by atoms with E-state index in [1.54, 1.807) is 0 Å². The van der Waals surface area contributed by atoms with Crippen LogP contribution in [0.1, 0.15) is 38.8 Å². The molecule has 1 heterocycles. The molecule has 0 aliphatic heterocycles. The average molecular weight is 396 g/mol. The van der Waals surface area contributed by atoms with Crippen molar-refractivity contribution >= 4 is 23.6 Å². The van der Waals surface area contributed by atoms with E-state index in [1.807, 2.05) is 16.7 Å². The van der Waals surface area contributed by atoms with Crippen molar-refractivity contribution in [2.45, 2.75) is 46.6 Å². The predicted molar refractivity (Wildman–Crippen MR) is 121 cm³/mol. The quantitative estimate of drug-likeness (QED) is 0.448. The van der Waals surface area contributed by atoms with Crippen LogP contribution in [0, 0.1) is 4.77 Å². The third-order valence-corrected chi connectivity index (χ3v) is 5.59. The number of aryl methyl sites for hydroxylation is 2. The van der Waals surface area contributed by atoms with Gasteiger partial charge in [-0.2, -0.15) is 5.10 Å². The van der Waals surface area contributed by atoms with E-state index in [-0.39, 0.29) is 0 Å². The van der Waals surface area contributed by atoms with Crippen molar-refractivity contribution in [2.24, 2.45) is 0 Å². The zero-order chi connectivity index (χ0) is 20.4. The molecule has 0 saturated carbocycles. The highest BCUT2D eigenvalue weighted by Crippen LogP contribution is 2.29. The van der Waals surface area contributed by atoms with E-state index >= 15 is 0 Å². The molecule has 2 aromatic carbocycles. The van der Waals surface area contributed by atoms with Crippen molar-refractivity contribution in [3.8, 4) is 17.1 Å². The number of hydrogen-bond donors (Lipinski definition) is 2. The summed E-state index contributed by atoms with van der Waals surface area (Å²) in [5.74, 6) is 0.794. The molecule has 0 saturated heterocycles. The monoisotopic (exact) mass is 395 g/mol. The van der Waals surface area contributed by atoms with Crippen molar-refractivity contribution in [1.82, 2.24) is 14.8 Å². The van der Waals surface area contributed by atoms with Crippen LogP contribution < -0.4 is 10.6 Å². The van der Waals surface area contributed by atoms with E-state index in [2.05, 4.69) is 74.1 Å². The van der Waals surface area contributed by atoms with Gasteiger partial charge in [-0.1, -0.05) is 19.9 Å². The predicted octanol–water partition coefficient (Wildman–Crippen LogP) is 5.15. The molecule has 148 valence electrons. The minimum atomic E-state index is 0.404. The number of nitrogen functional groups attached to an aromatic ring is 1. The largest absolute Gasteiger partial charge is 0.399 e. The van der Waals surface area contributed by atoms with Gasteiger partial charge >= 0.3 is 0 Å². The van der Waals surface area contributed by atoms with Gasteiger partial charge in [0.05, 0.1) is 5.69 Å². The van der Waals surface area contributed by atoms with Gasteiger partial charge in [0, 0.05) is 30.0 Å². The first kappa shape index (κ1) is 20.1. The Morgan fingerprint density at radius 2 is 1.82 bits per heavy atom. The van der Waals surface area contributed by atoms with Crippen LogP contribution in [0.3, 0.4) is 0 Å². The topological polar surface area (TPSA) is 62.9 Å². The number of nitrogens with one attached hydrogen (secondary N) is 1. The molecule has 0 unspecified atom stereocenters. The molecule has 0 aliphatic rings. The first-order valence-electron chi connectivity index (χ1n) is 9.79. The summed E-state index contributed by atoms with van der Waals surface area (Å²) in [6.07, 6.45) is 1.85. The minimum Gasteiger partial charge on any atom is -0.399 e. The van der Waals surface area contributed by atoms with Crippen molar-refractivity contribution in [2.75, 3.05) is 17.7 Å². The first-order valence-corrected chi connectivity index (χ1v) is 10.2. The summed E-state index contributed by atoms with van der Waals surface area (Å²) in [4.78, 5) is 2.30. The van der Waals surface area contributed by atoms with Gasteiger partial charge in [-0.25, -0.2) is 0 Å².